The van der Waals surface area contributed by atoms with Crippen LogP contribution in [0.4, 0.5) is 11.5 Å². The highest BCUT2D eigenvalue weighted by Crippen LogP contribution is 2.27. The van der Waals surface area contributed by atoms with E-state index >= 15 is 0 Å². The second-order valence-electron chi connectivity index (χ2n) is 5.90. The highest BCUT2D eigenvalue weighted by molar-refractivity contribution is 5.91. The van der Waals surface area contributed by atoms with Crippen molar-refractivity contribution >= 4 is 22.4 Å². The minimum Gasteiger partial charge on any atom is -0.455 e. The number of ether oxygens (including phenoxy) is 1. The summed E-state index contributed by atoms with van der Waals surface area (Å²) in [5.41, 5.74) is 2.51. The number of fused-ring (bicyclic) bond motifs is 1. The molecule has 0 atom stereocenters. The summed E-state index contributed by atoms with van der Waals surface area (Å²) in [7, 11) is 0. The van der Waals surface area contributed by atoms with Crippen LogP contribution >= 0.6 is 0 Å². The number of benzene rings is 2. The minimum atomic E-state index is 0.350. The number of nitrogens with one attached hydrogen (secondary N) is 1. The van der Waals surface area contributed by atoms with Gasteiger partial charge < -0.3 is 10.1 Å². The fraction of sp³-hybridized carbons (Fsp3) is 0.0455. The van der Waals surface area contributed by atoms with Crippen molar-refractivity contribution < 1.29 is 4.74 Å². The lowest BCUT2D eigenvalue weighted by Gasteiger charge is -2.11. The normalized spacial score (nSPS) is 10.4. The monoisotopic (exact) mass is 352 g/mol. The van der Waals surface area contributed by atoms with Crippen molar-refractivity contribution in [1.29, 1.82) is 0 Å². The van der Waals surface area contributed by atoms with Gasteiger partial charge >= 0.3 is 0 Å². The summed E-state index contributed by atoms with van der Waals surface area (Å²) in [4.78, 5) is 13.0. The van der Waals surface area contributed by atoms with Crippen LogP contribution in [0, 0.1) is 19.3 Å². The zero-order valence-electron chi connectivity index (χ0n) is 14.7. The number of hydrogen-bond acceptors (Lipinski definition) is 5. The van der Waals surface area contributed by atoms with Gasteiger partial charge in [0.05, 0.1) is 11.2 Å². The molecule has 0 radical (unpaired) electrons. The Morgan fingerprint density at radius 3 is 2.56 bits per heavy atom. The maximum Gasteiger partial charge on any atom is 0.207 e. The zero-order chi connectivity index (χ0) is 18.6. The molecule has 0 bridgehead atoms. The molecule has 0 saturated heterocycles. The van der Waals surface area contributed by atoms with Crippen LogP contribution in [0.5, 0.6) is 11.5 Å². The molecule has 4 aromatic rings. The van der Waals surface area contributed by atoms with Gasteiger partial charge in [0, 0.05) is 17.3 Å². The first-order chi connectivity index (χ1) is 13.2. The van der Waals surface area contributed by atoms with Crippen molar-refractivity contribution in [2.24, 2.45) is 0 Å². The number of terminal acetylenes is 1. The standard InChI is InChI=1S/C22H16N4O/c1-3-21-25-19-8-5-4-7-18(19)22(26-21)24-16-10-12-17(13-11-16)27-20-9-6-14-23-15(20)2/h1,4-14H,2H3,(H,24,25,26). The van der Waals surface area contributed by atoms with E-state index in [0.717, 1.165) is 33.8 Å². The Balaban J connectivity index is 1.60. The number of hydrogen-bond donors (Lipinski definition) is 1. The van der Waals surface area contributed by atoms with Gasteiger partial charge in [0.25, 0.3) is 0 Å². The van der Waals surface area contributed by atoms with Gasteiger partial charge in [-0.1, -0.05) is 12.1 Å². The lowest BCUT2D eigenvalue weighted by molar-refractivity contribution is 0.476. The average Bonchev–Trinajstić information content (AvgIpc) is 2.71. The molecule has 0 aliphatic heterocycles. The van der Waals surface area contributed by atoms with Gasteiger partial charge in [0.15, 0.2) is 0 Å². The Kier molecular flexibility index (Phi) is 4.38. The molecule has 0 fully saturated rings. The molecule has 1 N–H and O–H groups in total. The predicted molar refractivity (Wildman–Crippen MR) is 106 cm³/mol. The van der Waals surface area contributed by atoms with Crippen molar-refractivity contribution in [3.63, 3.8) is 0 Å². The van der Waals surface area contributed by atoms with Crippen LogP contribution in [-0.4, -0.2) is 15.0 Å². The van der Waals surface area contributed by atoms with E-state index in [1.165, 1.54) is 0 Å². The smallest absolute Gasteiger partial charge is 0.207 e. The Morgan fingerprint density at radius 2 is 1.78 bits per heavy atom. The molecule has 0 aliphatic rings. The SMILES string of the molecule is C#Cc1nc(Nc2ccc(Oc3cccnc3C)cc2)c2ccccc2n1. The molecule has 0 saturated carbocycles. The zero-order valence-corrected chi connectivity index (χ0v) is 14.7. The summed E-state index contributed by atoms with van der Waals surface area (Å²) in [5, 5.41) is 4.21. The van der Waals surface area contributed by atoms with Crippen LogP contribution in [0.15, 0.2) is 66.9 Å². The van der Waals surface area contributed by atoms with Crippen LogP contribution in [0.3, 0.4) is 0 Å². The van der Waals surface area contributed by atoms with Gasteiger partial charge in [-0.05, 0) is 61.4 Å². The van der Waals surface area contributed by atoms with Crippen LogP contribution in [0.25, 0.3) is 10.9 Å². The van der Waals surface area contributed by atoms with Crippen LogP contribution in [-0.2, 0) is 0 Å². The van der Waals surface area contributed by atoms with E-state index in [1.807, 2.05) is 67.6 Å². The maximum absolute atomic E-state index is 5.88. The molecule has 0 amide bonds. The van der Waals surface area contributed by atoms with Crippen molar-refractivity contribution in [3.8, 4) is 23.8 Å². The molecule has 5 nitrogen and oxygen atoms in total. The molecule has 0 unspecified atom stereocenters. The van der Waals surface area contributed by atoms with E-state index in [0.29, 0.717) is 11.6 Å². The highest BCUT2D eigenvalue weighted by atomic mass is 16.5. The number of aromatic nitrogens is 3. The largest absolute Gasteiger partial charge is 0.455 e. The quantitative estimate of drug-likeness (QED) is 0.532. The molecule has 5 heteroatoms. The summed E-state index contributed by atoms with van der Waals surface area (Å²) in [5.74, 6) is 4.99. The summed E-state index contributed by atoms with van der Waals surface area (Å²) < 4.78 is 5.88. The first kappa shape index (κ1) is 16.6. The Bertz CT molecular complexity index is 1150. The molecular weight excluding hydrogens is 336 g/mol. The van der Waals surface area contributed by atoms with Gasteiger partial charge in [0.1, 0.15) is 17.3 Å². The molecule has 4 rings (SSSR count). The predicted octanol–water partition coefficient (Wildman–Crippen LogP) is 4.85. The number of anilines is 2. The van der Waals surface area contributed by atoms with Gasteiger partial charge in [-0.2, -0.15) is 0 Å². The van der Waals surface area contributed by atoms with Crippen LogP contribution in [0.2, 0.25) is 0 Å². The van der Waals surface area contributed by atoms with E-state index in [2.05, 4.69) is 26.2 Å². The first-order valence-electron chi connectivity index (χ1n) is 8.43. The Labute approximate surface area is 157 Å². The molecule has 27 heavy (non-hydrogen) atoms. The third-order valence-electron chi connectivity index (χ3n) is 4.04. The molecular formula is C22H16N4O. The van der Waals surface area contributed by atoms with Gasteiger partial charge in [-0.25, -0.2) is 9.97 Å². The van der Waals surface area contributed by atoms with Gasteiger partial charge in [-0.3, -0.25) is 4.98 Å². The number of nitrogens with zero attached hydrogens (tertiary/aromatic N) is 3. The molecule has 0 aliphatic carbocycles. The van der Waals surface area contributed by atoms with E-state index in [-0.39, 0.29) is 0 Å². The Morgan fingerprint density at radius 1 is 0.963 bits per heavy atom. The van der Waals surface area contributed by atoms with Crippen molar-refractivity contribution in [1.82, 2.24) is 15.0 Å². The highest BCUT2D eigenvalue weighted by Gasteiger charge is 2.07. The summed E-state index contributed by atoms with van der Waals surface area (Å²) in [6, 6.07) is 19.1. The van der Waals surface area contributed by atoms with E-state index in [9.17, 15) is 0 Å². The van der Waals surface area contributed by atoms with Crippen molar-refractivity contribution in [3.05, 3.63) is 78.4 Å². The number of rotatable bonds is 4. The molecule has 2 heterocycles. The Hall–Kier alpha value is -3.91. The van der Waals surface area contributed by atoms with Crippen LogP contribution < -0.4 is 10.1 Å². The number of pyridine rings is 1. The maximum atomic E-state index is 5.88. The van der Waals surface area contributed by atoms with Gasteiger partial charge in [-0.15, -0.1) is 6.42 Å². The summed E-state index contributed by atoms with van der Waals surface area (Å²) in [6.45, 7) is 1.91. The van der Waals surface area contributed by atoms with Crippen molar-refractivity contribution in [2.45, 2.75) is 6.92 Å². The summed E-state index contributed by atoms with van der Waals surface area (Å²) >= 11 is 0. The fourth-order valence-corrected chi connectivity index (χ4v) is 2.68. The van der Waals surface area contributed by atoms with Gasteiger partial charge in [0.2, 0.25) is 5.82 Å². The molecule has 2 aromatic carbocycles. The average molecular weight is 352 g/mol. The lowest BCUT2D eigenvalue weighted by Crippen LogP contribution is -1.99. The summed E-state index contributed by atoms with van der Waals surface area (Å²) in [6.07, 6.45) is 7.23. The molecule has 130 valence electrons. The van der Waals surface area contributed by atoms with Crippen molar-refractivity contribution in [2.75, 3.05) is 5.32 Å². The number of aryl methyl sites for hydroxylation is 1. The van der Waals surface area contributed by atoms with E-state index < -0.39 is 0 Å². The minimum absolute atomic E-state index is 0.350. The fourth-order valence-electron chi connectivity index (χ4n) is 2.68. The van der Waals surface area contributed by atoms with Crippen LogP contribution in [0.1, 0.15) is 11.5 Å². The third-order valence-corrected chi connectivity index (χ3v) is 4.04. The number of para-hydroxylation sites is 1. The second-order valence-corrected chi connectivity index (χ2v) is 5.90. The molecule has 0 spiro atoms. The first-order valence-corrected chi connectivity index (χ1v) is 8.43. The topological polar surface area (TPSA) is 59.9 Å². The lowest BCUT2D eigenvalue weighted by atomic mass is 10.2. The van der Waals surface area contributed by atoms with E-state index in [4.69, 9.17) is 11.2 Å². The van der Waals surface area contributed by atoms with E-state index in [1.54, 1.807) is 6.20 Å². The second kappa shape index (κ2) is 7.14. The molecule has 2 aromatic heterocycles. The third kappa shape index (κ3) is 3.55.